The minimum atomic E-state index is 0. The molecular weight excluding hydrogens is 184 g/mol. The van der Waals surface area contributed by atoms with E-state index in [1.165, 1.54) is 0 Å². The van der Waals surface area contributed by atoms with Crippen molar-refractivity contribution < 1.29 is 0 Å². The zero-order chi connectivity index (χ0) is 8.39. The fraction of sp³-hybridized carbons (Fsp3) is 0. The number of rotatable bonds is 0. The molecule has 0 amide bonds. The highest BCUT2D eigenvalue weighted by molar-refractivity contribution is 5.85. The van der Waals surface area contributed by atoms with Gasteiger partial charge in [-0.25, -0.2) is 4.98 Å². The van der Waals surface area contributed by atoms with Crippen molar-refractivity contribution >= 4 is 12.4 Å². The molecule has 3 heteroatoms. The Morgan fingerprint density at radius 2 is 1.77 bits per heavy atom. The van der Waals surface area contributed by atoms with E-state index in [1.807, 2.05) is 36.4 Å². The summed E-state index contributed by atoms with van der Waals surface area (Å²) >= 11 is 0. The largest absolute Gasteiger partial charge is 0.282 e. The quantitative estimate of drug-likeness (QED) is 0.682. The number of halogens is 1. The van der Waals surface area contributed by atoms with Gasteiger partial charge in [-0.15, -0.1) is 12.4 Å². The number of fused-ring (bicyclic) bond motifs is 1. The van der Waals surface area contributed by atoms with Gasteiger partial charge in [0.2, 0.25) is 0 Å². The van der Waals surface area contributed by atoms with Crippen molar-refractivity contribution in [1.82, 2.24) is 4.98 Å². The first-order valence-corrected chi connectivity index (χ1v) is 3.76. The Bertz CT molecular complexity index is 428. The molecule has 0 aromatic rings. The van der Waals surface area contributed by atoms with Crippen LogP contribution in [-0.4, -0.2) is 4.98 Å². The molecule has 0 aromatic heterocycles. The molecule has 1 N–H and O–H groups in total. The van der Waals surface area contributed by atoms with Gasteiger partial charge in [-0.2, -0.15) is 0 Å². The van der Waals surface area contributed by atoms with E-state index in [1.54, 1.807) is 6.20 Å². The molecule has 0 atom stereocenters. The molecule has 2 nitrogen and oxygen atoms in total. The number of nitrogens with zero attached hydrogens (tertiary/aromatic N) is 1. The lowest BCUT2D eigenvalue weighted by Crippen LogP contribution is -2.07. The first-order chi connectivity index (χ1) is 5.88. The zero-order valence-corrected chi connectivity index (χ0v) is 7.71. The molecule has 0 saturated carbocycles. The van der Waals surface area contributed by atoms with Crippen molar-refractivity contribution in [3.8, 4) is 11.1 Å². The number of hydrogen-bond acceptors (Lipinski definition) is 2. The Morgan fingerprint density at radius 3 is 2.62 bits per heavy atom. The predicted molar refractivity (Wildman–Crippen MR) is 54.0 cm³/mol. The predicted octanol–water partition coefficient (Wildman–Crippen LogP) is 2.09. The Kier molecular flexibility index (Phi) is 2.98. The van der Waals surface area contributed by atoms with Gasteiger partial charge in [0, 0.05) is 11.8 Å². The lowest BCUT2D eigenvalue weighted by atomic mass is 10.1. The summed E-state index contributed by atoms with van der Waals surface area (Å²) in [4.78, 5) is 3.90. The van der Waals surface area contributed by atoms with Crippen LogP contribution in [0.5, 0.6) is 0 Å². The Balaban J connectivity index is 0.000000845. The minimum absolute atomic E-state index is 0. The second kappa shape index (κ2) is 4.01. The van der Waals surface area contributed by atoms with Gasteiger partial charge in [0.25, 0.3) is 0 Å². The molecule has 0 aromatic carbocycles. The SMILES string of the molecule is Cl.N=c1nccc2cccccc1-2. The maximum absolute atomic E-state index is 7.54. The van der Waals surface area contributed by atoms with Crippen molar-refractivity contribution in [2.24, 2.45) is 0 Å². The third kappa shape index (κ3) is 1.84. The van der Waals surface area contributed by atoms with Crippen LogP contribution >= 0.6 is 12.4 Å². The van der Waals surface area contributed by atoms with Crippen LogP contribution in [0.25, 0.3) is 11.1 Å². The molecule has 0 fully saturated rings. The first kappa shape index (κ1) is 9.68. The second-order valence-corrected chi connectivity index (χ2v) is 2.57. The van der Waals surface area contributed by atoms with Crippen LogP contribution in [0.3, 0.4) is 0 Å². The lowest BCUT2D eigenvalue weighted by molar-refractivity contribution is 1.10. The van der Waals surface area contributed by atoms with Gasteiger partial charge < -0.3 is 0 Å². The summed E-state index contributed by atoms with van der Waals surface area (Å²) in [6.07, 6.45) is 1.66. The topological polar surface area (TPSA) is 36.7 Å². The lowest BCUT2D eigenvalue weighted by Gasteiger charge is -1.96. The third-order valence-corrected chi connectivity index (χ3v) is 1.78. The van der Waals surface area contributed by atoms with E-state index in [4.69, 9.17) is 5.41 Å². The molecule has 0 spiro atoms. The van der Waals surface area contributed by atoms with Gasteiger partial charge in [0.05, 0.1) is 0 Å². The molecule has 0 saturated heterocycles. The Hall–Kier alpha value is -1.41. The number of nitrogens with one attached hydrogen (secondary N) is 1. The summed E-state index contributed by atoms with van der Waals surface area (Å²) in [5, 5.41) is 7.54. The summed E-state index contributed by atoms with van der Waals surface area (Å²) in [6, 6.07) is 11.6. The van der Waals surface area contributed by atoms with Crippen LogP contribution in [-0.2, 0) is 0 Å². The Morgan fingerprint density at radius 1 is 1.00 bits per heavy atom. The molecule has 2 aliphatic rings. The highest BCUT2D eigenvalue weighted by Crippen LogP contribution is 2.12. The molecule has 0 unspecified atom stereocenters. The molecule has 1 aliphatic heterocycles. The molecule has 0 radical (unpaired) electrons. The maximum atomic E-state index is 7.54. The maximum Gasteiger partial charge on any atom is 0.152 e. The first-order valence-electron chi connectivity index (χ1n) is 3.76. The fourth-order valence-corrected chi connectivity index (χ4v) is 1.18. The van der Waals surface area contributed by atoms with Crippen LogP contribution in [0.4, 0.5) is 0 Å². The van der Waals surface area contributed by atoms with Crippen molar-refractivity contribution in [2.45, 2.75) is 0 Å². The van der Waals surface area contributed by atoms with Gasteiger partial charge in [-0.3, -0.25) is 5.41 Å². The molecule has 0 bridgehead atoms. The van der Waals surface area contributed by atoms with E-state index in [9.17, 15) is 0 Å². The van der Waals surface area contributed by atoms with Gasteiger partial charge in [-0.1, -0.05) is 30.3 Å². The van der Waals surface area contributed by atoms with Crippen LogP contribution in [0.2, 0.25) is 0 Å². The normalized spacial score (nSPS) is 9.23. The van der Waals surface area contributed by atoms with Crippen molar-refractivity contribution in [3.05, 3.63) is 48.1 Å². The van der Waals surface area contributed by atoms with Gasteiger partial charge in [-0.05, 0) is 11.6 Å². The smallest absolute Gasteiger partial charge is 0.152 e. The molecule has 2 rings (SSSR count). The van der Waals surface area contributed by atoms with E-state index in [-0.39, 0.29) is 12.4 Å². The van der Waals surface area contributed by atoms with Gasteiger partial charge in [0.15, 0.2) is 5.49 Å². The summed E-state index contributed by atoms with van der Waals surface area (Å²) in [7, 11) is 0. The Labute approximate surface area is 82.5 Å². The molecule has 1 aliphatic carbocycles. The van der Waals surface area contributed by atoms with Gasteiger partial charge >= 0.3 is 0 Å². The van der Waals surface area contributed by atoms with Crippen LogP contribution in [0, 0.1) is 5.41 Å². The number of hydrogen-bond donors (Lipinski definition) is 1. The van der Waals surface area contributed by atoms with E-state index in [0.717, 1.165) is 11.1 Å². The molecule has 13 heavy (non-hydrogen) atoms. The summed E-state index contributed by atoms with van der Waals surface area (Å²) < 4.78 is 0. The third-order valence-electron chi connectivity index (χ3n) is 1.78. The summed E-state index contributed by atoms with van der Waals surface area (Å²) in [5.41, 5.74) is 2.28. The van der Waals surface area contributed by atoms with E-state index < -0.39 is 0 Å². The van der Waals surface area contributed by atoms with E-state index in [0.29, 0.717) is 5.49 Å². The molecular formula is C10H9ClN2. The van der Waals surface area contributed by atoms with Crippen LogP contribution in [0.1, 0.15) is 0 Å². The second-order valence-electron chi connectivity index (χ2n) is 2.57. The van der Waals surface area contributed by atoms with E-state index >= 15 is 0 Å². The van der Waals surface area contributed by atoms with Gasteiger partial charge in [0.1, 0.15) is 0 Å². The highest BCUT2D eigenvalue weighted by atomic mass is 35.5. The zero-order valence-electron chi connectivity index (χ0n) is 6.90. The van der Waals surface area contributed by atoms with E-state index in [2.05, 4.69) is 4.98 Å². The molecule has 66 valence electrons. The summed E-state index contributed by atoms with van der Waals surface area (Å²) in [5.74, 6) is 0. The average Bonchev–Trinajstić information content (AvgIpc) is 2.30. The van der Waals surface area contributed by atoms with Crippen molar-refractivity contribution in [3.63, 3.8) is 0 Å². The fourth-order valence-electron chi connectivity index (χ4n) is 1.18. The number of pyridine rings is 1. The van der Waals surface area contributed by atoms with Crippen LogP contribution in [0.15, 0.2) is 42.6 Å². The standard InChI is InChI=1S/C10H8N2.ClH/c11-10-9-5-3-1-2-4-8(9)6-7-12-10;/h1-7,11H;1H. The van der Waals surface area contributed by atoms with Crippen LogP contribution < -0.4 is 5.49 Å². The summed E-state index contributed by atoms with van der Waals surface area (Å²) in [6.45, 7) is 0. The number of aromatic nitrogens is 1. The minimum Gasteiger partial charge on any atom is -0.282 e. The van der Waals surface area contributed by atoms with Crippen molar-refractivity contribution in [1.29, 1.82) is 5.41 Å². The average molecular weight is 193 g/mol. The monoisotopic (exact) mass is 192 g/mol. The highest BCUT2D eigenvalue weighted by Gasteiger charge is 1.98. The molecule has 1 heterocycles. The van der Waals surface area contributed by atoms with Crippen molar-refractivity contribution in [2.75, 3.05) is 0 Å².